The van der Waals surface area contributed by atoms with Crippen LogP contribution in [0.2, 0.25) is 0 Å². The van der Waals surface area contributed by atoms with E-state index in [1.54, 1.807) is 28.8 Å². The number of halogens is 1. The molecule has 1 amide bonds. The van der Waals surface area contributed by atoms with Crippen LogP contribution >= 0.6 is 11.8 Å². The second-order valence-corrected chi connectivity index (χ2v) is 7.50. The fourth-order valence-corrected chi connectivity index (χ4v) is 4.14. The summed E-state index contributed by atoms with van der Waals surface area (Å²) in [5, 5.41) is 0.939. The van der Waals surface area contributed by atoms with E-state index >= 15 is 0 Å². The van der Waals surface area contributed by atoms with Gasteiger partial charge in [-0.25, -0.2) is 4.39 Å². The molecule has 0 unspecified atom stereocenters. The molecule has 1 fully saturated rings. The van der Waals surface area contributed by atoms with Crippen LogP contribution < -0.4 is 5.73 Å². The number of carbonyl (C=O) groups is 1. The Morgan fingerprint density at radius 2 is 2.00 bits per heavy atom. The number of para-hydroxylation sites is 1. The van der Waals surface area contributed by atoms with Crippen LogP contribution in [0.3, 0.4) is 0 Å². The van der Waals surface area contributed by atoms with Gasteiger partial charge >= 0.3 is 0 Å². The maximum absolute atomic E-state index is 13.1. The smallest absolute Gasteiger partial charge is 0.289 e. The normalized spacial score (nSPS) is 17.2. The molecule has 0 spiro atoms. The van der Waals surface area contributed by atoms with Gasteiger partial charge in [0.05, 0.1) is 0 Å². The van der Waals surface area contributed by atoms with Crippen molar-refractivity contribution in [3.05, 3.63) is 65.7 Å². The standard InChI is InChI=1S/C20H19FN2O2S/c21-13-5-7-15(8-6-13)26-12-17-16-3-1-2-4-18(16)25-19(17)20(24)23-10-9-14(22)11-23/h1-8,14H,9-12,22H2/t14-/m1/s1. The summed E-state index contributed by atoms with van der Waals surface area (Å²) >= 11 is 1.55. The molecule has 0 saturated carbocycles. The first-order valence-electron chi connectivity index (χ1n) is 8.55. The fourth-order valence-electron chi connectivity index (χ4n) is 3.22. The molecule has 4 nitrogen and oxygen atoms in total. The molecule has 0 bridgehead atoms. The van der Waals surface area contributed by atoms with Crippen LogP contribution in [-0.4, -0.2) is 29.9 Å². The third kappa shape index (κ3) is 3.34. The van der Waals surface area contributed by atoms with Crippen molar-refractivity contribution in [2.75, 3.05) is 13.1 Å². The predicted molar refractivity (Wildman–Crippen MR) is 101 cm³/mol. The summed E-state index contributed by atoms with van der Waals surface area (Å²) in [6.07, 6.45) is 0.811. The molecule has 26 heavy (non-hydrogen) atoms. The third-order valence-corrected chi connectivity index (χ3v) is 5.64. The Morgan fingerprint density at radius 1 is 1.23 bits per heavy atom. The molecule has 1 aliphatic heterocycles. The molecule has 1 atom stereocenters. The van der Waals surface area contributed by atoms with Gasteiger partial charge in [-0.3, -0.25) is 4.79 Å². The van der Waals surface area contributed by atoms with Crippen molar-refractivity contribution in [2.24, 2.45) is 5.73 Å². The van der Waals surface area contributed by atoms with Gasteiger partial charge in [0.25, 0.3) is 5.91 Å². The molecule has 3 aromatic rings. The Hall–Kier alpha value is -2.31. The summed E-state index contributed by atoms with van der Waals surface area (Å²) in [4.78, 5) is 15.7. The van der Waals surface area contributed by atoms with Gasteiger partial charge < -0.3 is 15.1 Å². The van der Waals surface area contributed by atoms with Gasteiger partial charge in [0.15, 0.2) is 5.76 Å². The monoisotopic (exact) mass is 370 g/mol. The lowest BCUT2D eigenvalue weighted by Crippen LogP contribution is -2.32. The summed E-state index contributed by atoms with van der Waals surface area (Å²) in [6, 6.07) is 14.0. The molecule has 6 heteroatoms. The second-order valence-electron chi connectivity index (χ2n) is 6.45. The number of furan rings is 1. The number of rotatable bonds is 4. The highest BCUT2D eigenvalue weighted by molar-refractivity contribution is 7.98. The van der Waals surface area contributed by atoms with E-state index < -0.39 is 0 Å². The SMILES string of the molecule is N[C@@H]1CCN(C(=O)c2oc3ccccc3c2CSc2ccc(F)cc2)C1. The predicted octanol–water partition coefficient (Wildman–Crippen LogP) is 4.04. The zero-order valence-corrected chi connectivity index (χ0v) is 15.0. The van der Waals surface area contributed by atoms with E-state index in [-0.39, 0.29) is 17.8 Å². The van der Waals surface area contributed by atoms with Crippen LogP contribution in [0, 0.1) is 5.82 Å². The van der Waals surface area contributed by atoms with E-state index in [0.717, 1.165) is 22.3 Å². The number of benzene rings is 2. The molecule has 4 rings (SSSR count). The van der Waals surface area contributed by atoms with Gasteiger partial charge in [0.1, 0.15) is 11.4 Å². The van der Waals surface area contributed by atoms with Crippen LogP contribution in [0.25, 0.3) is 11.0 Å². The van der Waals surface area contributed by atoms with Crippen molar-refractivity contribution in [1.29, 1.82) is 0 Å². The highest BCUT2D eigenvalue weighted by Crippen LogP contribution is 2.33. The maximum atomic E-state index is 13.1. The molecule has 2 aromatic carbocycles. The van der Waals surface area contributed by atoms with Crippen molar-refractivity contribution >= 4 is 28.6 Å². The fraction of sp³-hybridized carbons (Fsp3) is 0.250. The topological polar surface area (TPSA) is 59.5 Å². The van der Waals surface area contributed by atoms with Crippen molar-refractivity contribution in [1.82, 2.24) is 4.90 Å². The number of hydrogen-bond acceptors (Lipinski definition) is 4. The Labute approximate surface area is 155 Å². The summed E-state index contributed by atoms with van der Waals surface area (Å²) in [5.41, 5.74) is 7.52. The van der Waals surface area contributed by atoms with E-state index in [0.29, 0.717) is 30.2 Å². The minimum Gasteiger partial charge on any atom is -0.451 e. The molecular formula is C20H19FN2O2S. The first-order chi connectivity index (χ1) is 12.6. The Bertz CT molecular complexity index is 939. The first-order valence-corrected chi connectivity index (χ1v) is 9.54. The van der Waals surface area contributed by atoms with E-state index in [1.165, 1.54) is 12.1 Å². The van der Waals surface area contributed by atoms with Crippen molar-refractivity contribution in [3.63, 3.8) is 0 Å². The Morgan fingerprint density at radius 3 is 2.73 bits per heavy atom. The van der Waals surface area contributed by atoms with Crippen molar-refractivity contribution in [3.8, 4) is 0 Å². The van der Waals surface area contributed by atoms with Gasteiger partial charge in [-0.1, -0.05) is 18.2 Å². The Kier molecular flexibility index (Phi) is 4.70. The number of nitrogens with zero attached hydrogens (tertiary/aromatic N) is 1. The number of fused-ring (bicyclic) bond motifs is 1. The number of carbonyl (C=O) groups excluding carboxylic acids is 1. The lowest BCUT2D eigenvalue weighted by Gasteiger charge is -2.15. The van der Waals surface area contributed by atoms with E-state index in [2.05, 4.69) is 0 Å². The summed E-state index contributed by atoms with van der Waals surface area (Å²) in [6.45, 7) is 1.21. The quantitative estimate of drug-likeness (QED) is 0.704. The molecule has 134 valence electrons. The van der Waals surface area contributed by atoms with Crippen LogP contribution in [0.1, 0.15) is 22.5 Å². The zero-order chi connectivity index (χ0) is 18.1. The molecule has 0 radical (unpaired) electrons. The number of nitrogens with two attached hydrogens (primary N) is 1. The van der Waals surface area contributed by atoms with Gasteiger partial charge in [0.2, 0.25) is 0 Å². The highest BCUT2D eigenvalue weighted by Gasteiger charge is 2.29. The van der Waals surface area contributed by atoms with Gasteiger partial charge in [-0.2, -0.15) is 0 Å². The van der Waals surface area contributed by atoms with Gasteiger partial charge in [-0.05, 0) is 36.8 Å². The largest absolute Gasteiger partial charge is 0.451 e. The summed E-state index contributed by atoms with van der Waals surface area (Å²) in [5.74, 6) is 0.590. The number of amides is 1. The molecule has 1 saturated heterocycles. The minimum atomic E-state index is -0.260. The number of hydrogen-bond donors (Lipinski definition) is 1. The van der Waals surface area contributed by atoms with Gasteiger partial charge in [0, 0.05) is 40.7 Å². The average molecular weight is 370 g/mol. The van der Waals surface area contributed by atoms with Crippen LogP contribution in [-0.2, 0) is 5.75 Å². The van der Waals surface area contributed by atoms with Crippen molar-refractivity contribution in [2.45, 2.75) is 23.1 Å². The van der Waals surface area contributed by atoms with Gasteiger partial charge in [-0.15, -0.1) is 11.8 Å². The van der Waals surface area contributed by atoms with Crippen LogP contribution in [0.15, 0.2) is 57.8 Å². The molecule has 1 aliphatic rings. The second kappa shape index (κ2) is 7.13. The zero-order valence-electron chi connectivity index (χ0n) is 14.2. The third-order valence-electron chi connectivity index (χ3n) is 4.60. The van der Waals surface area contributed by atoms with E-state index in [9.17, 15) is 9.18 Å². The average Bonchev–Trinajstić information content (AvgIpc) is 3.24. The van der Waals surface area contributed by atoms with Crippen LogP contribution in [0.5, 0.6) is 0 Å². The first kappa shape index (κ1) is 17.1. The highest BCUT2D eigenvalue weighted by atomic mass is 32.2. The lowest BCUT2D eigenvalue weighted by molar-refractivity contribution is 0.0760. The lowest BCUT2D eigenvalue weighted by atomic mass is 10.1. The van der Waals surface area contributed by atoms with Crippen LogP contribution in [0.4, 0.5) is 4.39 Å². The van der Waals surface area contributed by atoms with E-state index in [4.69, 9.17) is 10.2 Å². The number of thioether (sulfide) groups is 1. The summed E-state index contributed by atoms with van der Waals surface area (Å²) in [7, 11) is 0. The van der Waals surface area contributed by atoms with Crippen molar-refractivity contribution < 1.29 is 13.6 Å². The molecule has 2 N–H and O–H groups in total. The van der Waals surface area contributed by atoms with E-state index in [1.807, 2.05) is 24.3 Å². The molecule has 2 heterocycles. The Balaban J connectivity index is 1.65. The minimum absolute atomic E-state index is 0.0281. The molecular weight excluding hydrogens is 351 g/mol. The molecule has 1 aromatic heterocycles. The molecule has 0 aliphatic carbocycles. The number of likely N-dealkylation sites (tertiary alicyclic amines) is 1. The summed E-state index contributed by atoms with van der Waals surface area (Å²) < 4.78 is 19.0. The maximum Gasteiger partial charge on any atom is 0.289 e.